The van der Waals surface area contributed by atoms with E-state index < -0.39 is 16.9 Å². The summed E-state index contributed by atoms with van der Waals surface area (Å²) < 4.78 is 24.2. The zero-order chi connectivity index (χ0) is 29.4. The largest absolute Gasteiger partial charge is 0.463 e. The molecule has 0 saturated heterocycles. The Morgan fingerprint density at radius 1 is 1.17 bits per heavy atom. The lowest BCUT2D eigenvalue weighted by molar-refractivity contribution is -0.384. The number of carbonyl (C=O) groups excluding carboxylic acids is 1. The minimum atomic E-state index is -0.808. The Labute approximate surface area is 242 Å². The monoisotopic (exact) mass is 587 g/mol. The number of rotatable bonds is 8. The summed E-state index contributed by atoms with van der Waals surface area (Å²) in [6, 6.07) is 14.1. The summed E-state index contributed by atoms with van der Waals surface area (Å²) in [5, 5.41) is 11.5. The number of nitrogens with zero attached hydrogens (tertiary/aromatic N) is 3. The van der Waals surface area contributed by atoms with Crippen molar-refractivity contribution in [3.05, 3.63) is 107 Å². The highest BCUT2D eigenvalue weighted by molar-refractivity contribution is 7.07. The van der Waals surface area contributed by atoms with Crippen LogP contribution in [0.1, 0.15) is 44.1 Å². The fourth-order valence-corrected chi connectivity index (χ4v) is 6.07. The number of benzene rings is 2. The molecule has 1 unspecified atom stereocenters. The van der Waals surface area contributed by atoms with E-state index in [9.17, 15) is 19.7 Å². The SMILES string of the molecule is CCCC1=C(C(=O)OCC)C(c2ccc3c(c2)OCO3)n2c(s/c(=C\c3ccc(-c4ccccc4[N+](=O)[O-])o3)c2=O)=N1. The molecule has 12 heteroatoms. The fraction of sp³-hybridized carbons (Fsp3) is 0.233. The van der Waals surface area contributed by atoms with Gasteiger partial charge in [0, 0.05) is 12.1 Å². The lowest BCUT2D eigenvalue weighted by Crippen LogP contribution is -2.40. The summed E-state index contributed by atoms with van der Waals surface area (Å²) in [6.07, 6.45) is 2.81. The number of hydrogen-bond acceptors (Lipinski definition) is 10. The van der Waals surface area contributed by atoms with Gasteiger partial charge in [0.2, 0.25) is 6.79 Å². The standard InChI is InChI=1S/C30H25N3O8S/c1-3-7-20-26(29(35)38-4-2)27(17-10-12-23-24(14-17)40-16-39-23)32-28(34)25(42-30(32)31-20)15-18-11-13-22(41-18)19-8-5-6-9-21(19)33(36)37/h5-6,8-15,27H,3-4,7,16H2,1-2H3/b25-15-. The maximum atomic E-state index is 14.0. The first-order valence-corrected chi connectivity index (χ1v) is 14.2. The lowest BCUT2D eigenvalue weighted by atomic mass is 9.94. The number of aromatic nitrogens is 1. The highest BCUT2D eigenvalue weighted by atomic mass is 32.1. The van der Waals surface area contributed by atoms with Gasteiger partial charge in [0.25, 0.3) is 11.2 Å². The van der Waals surface area contributed by atoms with E-state index >= 15 is 0 Å². The number of nitro benzene ring substituents is 1. The molecule has 4 aromatic rings. The highest BCUT2D eigenvalue weighted by Crippen LogP contribution is 2.39. The molecule has 6 rings (SSSR count). The molecule has 42 heavy (non-hydrogen) atoms. The van der Waals surface area contributed by atoms with Crippen LogP contribution in [0.15, 0.2) is 80.1 Å². The number of hydrogen-bond donors (Lipinski definition) is 0. The van der Waals surface area contributed by atoms with Crippen molar-refractivity contribution in [2.24, 2.45) is 4.99 Å². The second kappa shape index (κ2) is 11.1. The minimum absolute atomic E-state index is 0.0838. The molecule has 0 bridgehead atoms. The minimum Gasteiger partial charge on any atom is -0.463 e. The molecule has 0 spiro atoms. The van der Waals surface area contributed by atoms with E-state index in [-0.39, 0.29) is 24.6 Å². The van der Waals surface area contributed by atoms with Gasteiger partial charge in [0.1, 0.15) is 11.5 Å². The van der Waals surface area contributed by atoms with Gasteiger partial charge < -0.3 is 18.6 Å². The first-order valence-electron chi connectivity index (χ1n) is 13.3. The topological polar surface area (TPSA) is 135 Å². The Balaban J connectivity index is 1.50. The molecule has 2 aromatic heterocycles. The summed E-state index contributed by atoms with van der Waals surface area (Å²) >= 11 is 1.17. The van der Waals surface area contributed by atoms with Gasteiger partial charge >= 0.3 is 5.97 Å². The van der Waals surface area contributed by atoms with Crippen LogP contribution < -0.4 is 24.4 Å². The van der Waals surface area contributed by atoms with Crippen LogP contribution in [0.3, 0.4) is 0 Å². The van der Waals surface area contributed by atoms with E-state index in [0.717, 1.165) is 6.42 Å². The number of thiazole rings is 1. The van der Waals surface area contributed by atoms with Crippen LogP contribution in [0, 0.1) is 10.1 Å². The summed E-state index contributed by atoms with van der Waals surface area (Å²) in [7, 11) is 0. The molecule has 11 nitrogen and oxygen atoms in total. The van der Waals surface area contributed by atoms with Crippen LogP contribution in [0.4, 0.5) is 5.69 Å². The van der Waals surface area contributed by atoms with Crippen LogP contribution in [-0.2, 0) is 9.53 Å². The fourth-order valence-electron chi connectivity index (χ4n) is 5.07. The molecular weight excluding hydrogens is 562 g/mol. The molecule has 2 aromatic carbocycles. The summed E-state index contributed by atoms with van der Waals surface area (Å²) in [6.45, 7) is 3.97. The van der Waals surface area contributed by atoms with Gasteiger partial charge in [-0.15, -0.1) is 0 Å². The number of nitro groups is 1. The second-order valence-electron chi connectivity index (χ2n) is 9.50. The van der Waals surface area contributed by atoms with E-state index in [1.54, 1.807) is 61.5 Å². The highest BCUT2D eigenvalue weighted by Gasteiger charge is 2.35. The van der Waals surface area contributed by atoms with Crippen molar-refractivity contribution in [2.45, 2.75) is 32.7 Å². The Bertz CT molecular complexity index is 1930. The zero-order valence-electron chi connectivity index (χ0n) is 22.7. The molecule has 2 aliphatic rings. The Kier molecular flexibility index (Phi) is 7.21. The number of furan rings is 1. The van der Waals surface area contributed by atoms with E-state index in [0.29, 0.717) is 61.2 Å². The quantitative estimate of drug-likeness (QED) is 0.167. The smallest absolute Gasteiger partial charge is 0.338 e. The molecule has 2 aliphatic heterocycles. The summed E-state index contributed by atoms with van der Waals surface area (Å²) in [5.41, 5.74) is 1.38. The van der Waals surface area contributed by atoms with Crippen LogP contribution in [0.5, 0.6) is 11.5 Å². The molecule has 214 valence electrons. The van der Waals surface area contributed by atoms with Crippen molar-refractivity contribution in [3.8, 4) is 22.8 Å². The molecule has 0 radical (unpaired) electrons. The molecule has 0 amide bonds. The molecule has 4 heterocycles. The number of esters is 1. The Hall–Kier alpha value is -4.97. The number of allylic oxidation sites excluding steroid dienone is 1. The van der Waals surface area contributed by atoms with Gasteiger partial charge in [0.15, 0.2) is 16.3 Å². The predicted molar refractivity (Wildman–Crippen MR) is 153 cm³/mol. The summed E-state index contributed by atoms with van der Waals surface area (Å²) in [4.78, 5) is 43.5. The van der Waals surface area contributed by atoms with Gasteiger partial charge in [-0.3, -0.25) is 19.5 Å². The van der Waals surface area contributed by atoms with Gasteiger partial charge in [-0.1, -0.05) is 42.9 Å². The number of carbonyl (C=O) groups is 1. The zero-order valence-corrected chi connectivity index (χ0v) is 23.5. The van der Waals surface area contributed by atoms with Crippen LogP contribution in [-0.4, -0.2) is 28.9 Å². The predicted octanol–water partition coefficient (Wildman–Crippen LogP) is 4.48. The molecule has 0 N–H and O–H groups in total. The average Bonchev–Trinajstić information content (AvgIpc) is 3.72. The Morgan fingerprint density at radius 2 is 1.98 bits per heavy atom. The number of fused-ring (bicyclic) bond motifs is 2. The first kappa shape index (κ1) is 27.2. The second-order valence-corrected chi connectivity index (χ2v) is 10.5. The van der Waals surface area contributed by atoms with Crippen molar-refractivity contribution >= 4 is 29.1 Å². The molecule has 0 saturated carbocycles. The van der Waals surface area contributed by atoms with E-state index in [4.69, 9.17) is 23.6 Å². The van der Waals surface area contributed by atoms with Crippen molar-refractivity contribution in [3.63, 3.8) is 0 Å². The van der Waals surface area contributed by atoms with E-state index in [2.05, 4.69) is 0 Å². The van der Waals surface area contributed by atoms with E-state index in [1.807, 2.05) is 6.92 Å². The van der Waals surface area contributed by atoms with Gasteiger partial charge in [-0.25, -0.2) is 9.79 Å². The normalized spacial score (nSPS) is 15.9. The molecule has 0 aliphatic carbocycles. The maximum Gasteiger partial charge on any atom is 0.338 e. The third-order valence-corrected chi connectivity index (χ3v) is 7.85. The van der Waals surface area contributed by atoms with Crippen LogP contribution >= 0.6 is 11.3 Å². The molecular formula is C30H25N3O8S. The number of ether oxygens (including phenoxy) is 3. The number of para-hydroxylation sites is 1. The van der Waals surface area contributed by atoms with Crippen molar-refractivity contribution < 1.29 is 28.3 Å². The van der Waals surface area contributed by atoms with Crippen molar-refractivity contribution in [1.29, 1.82) is 0 Å². The van der Waals surface area contributed by atoms with Crippen LogP contribution in [0.25, 0.3) is 17.4 Å². The Morgan fingerprint density at radius 3 is 2.76 bits per heavy atom. The van der Waals surface area contributed by atoms with Crippen molar-refractivity contribution in [1.82, 2.24) is 4.57 Å². The van der Waals surface area contributed by atoms with Gasteiger partial charge in [-0.05, 0) is 49.2 Å². The summed E-state index contributed by atoms with van der Waals surface area (Å²) in [5.74, 6) is 1.20. The first-order chi connectivity index (χ1) is 20.4. The van der Waals surface area contributed by atoms with Gasteiger partial charge in [0.05, 0.1) is 38.9 Å². The van der Waals surface area contributed by atoms with E-state index in [1.165, 1.54) is 22.0 Å². The van der Waals surface area contributed by atoms with Crippen molar-refractivity contribution in [2.75, 3.05) is 13.4 Å². The van der Waals surface area contributed by atoms with Crippen LogP contribution in [0.2, 0.25) is 0 Å². The lowest BCUT2D eigenvalue weighted by Gasteiger charge is -2.25. The van der Waals surface area contributed by atoms with Gasteiger partial charge in [-0.2, -0.15) is 0 Å². The average molecular weight is 588 g/mol. The molecule has 0 fully saturated rings. The third-order valence-electron chi connectivity index (χ3n) is 6.87. The molecule has 1 atom stereocenters. The maximum absolute atomic E-state index is 14.0. The third kappa shape index (κ3) is 4.79.